The molecule has 0 spiro atoms. The zero-order chi connectivity index (χ0) is 14.5. The van der Waals surface area contributed by atoms with Gasteiger partial charge in [0, 0.05) is 10.6 Å². The van der Waals surface area contributed by atoms with Gasteiger partial charge in [-0.25, -0.2) is 4.39 Å². The van der Waals surface area contributed by atoms with Gasteiger partial charge in [-0.15, -0.1) is 24.2 Å². The number of thioether (sulfide) groups is 2. The first-order valence-electron chi connectivity index (χ1n) is 6.59. The van der Waals surface area contributed by atoms with E-state index in [-0.39, 0.29) is 30.2 Å². The molecule has 1 heterocycles. The Kier molecular flexibility index (Phi) is 7.87. The summed E-state index contributed by atoms with van der Waals surface area (Å²) in [5, 5.41) is 2.96. The second-order valence-corrected chi connectivity index (χ2v) is 6.89. The summed E-state index contributed by atoms with van der Waals surface area (Å²) >= 11 is 3.37. The van der Waals surface area contributed by atoms with Gasteiger partial charge in [-0.3, -0.25) is 4.79 Å². The summed E-state index contributed by atoms with van der Waals surface area (Å²) in [5.41, 5.74) is 6.73. The van der Waals surface area contributed by atoms with Crippen LogP contribution in [0, 0.1) is 5.82 Å². The molecule has 7 heteroatoms. The maximum atomic E-state index is 13.4. The molecular formula is C14H20ClFN2OS2. The van der Waals surface area contributed by atoms with Crippen molar-refractivity contribution in [3.8, 4) is 0 Å². The standard InChI is InChI=1S/C14H19FN2OS2.ClH/c1-19-6-4-11(16)14(18)17-12-5-7-20-13-3-2-9(15)8-10(12)13;/h2-3,8,11-12H,4-7,16H2,1H3,(H,17,18);1H/t11-,12?;/m0./s1. The minimum atomic E-state index is -0.492. The highest BCUT2D eigenvalue weighted by molar-refractivity contribution is 7.99. The number of hydrogen-bond acceptors (Lipinski definition) is 4. The molecular weight excluding hydrogens is 331 g/mol. The van der Waals surface area contributed by atoms with E-state index in [2.05, 4.69) is 5.32 Å². The van der Waals surface area contributed by atoms with E-state index in [0.717, 1.165) is 28.4 Å². The Morgan fingerprint density at radius 3 is 3.10 bits per heavy atom. The maximum Gasteiger partial charge on any atom is 0.237 e. The van der Waals surface area contributed by atoms with E-state index in [0.29, 0.717) is 6.42 Å². The third-order valence-electron chi connectivity index (χ3n) is 3.30. The molecule has 3 nitrogen and oxygen atoms in total. The van der Waals surface area contributed by atoms with E-state index in [9.17, 15) is 9.18 Å². The van der Waals surface area contributed by atoms with Crippen molar-refractivity contribution >= 4 is 41.8 Å². The lowest BCUT2D eigenvalue weighted by Crippen LogP contribution is -2.43. The number of rotatable bonds is 5. The SMILES string of the molecule is CSCC[C@H](N)C(=O)NC1CCSc2ccc(F)cc21.Cl. The van der Waals surface area contributed by atoms with E-state index in [1.165, 1.54) is 12.1 Å². The number of hydrogen-bond donors (Lipinski definition) is 2. The number of fused-ring (bicyclic) bond motifs is 1. The largest absolute Gasteiger partial charge is 0.348 e. The second-order valence-electron chi connectivity index (χ2n) is 4.77. The number of carbonyl (C=O) groups is 1. The maximum absolute atomic E-state index is 13.4. The Morgan fingerprint density at radius 2 is 2.38 bits per heavy atom. The highest BCUT2D eigenvalue weighted by Crippen LogP contribution is 2.36. The molecule has 2 atom stereocenters. The van der Waals surface area contributed by atoms with Gasteiger partial charge in [0.25, 0.3) is 0 Å². The fourth-order valence-corrected chi connectivity index (χ4v) is 3.77. The van der Waals surface area contributed by atoms with Crippen molar-refractivity contribution in [1.29, 1.82) is 0 Å². The van der Waals surface area contributed by atoms with E-state index >= 15 is 0 Å². The molecule has 0 aromatic heterocycles. The molecule has 3 N–H and O–H groups in total. The minimum Gasteiger partial charge on any atom is -0.348 e. The molecule has 1 aliphatic rings. The Morgan fingerprint density at radius 1 is 1.62 bits per heavy atom. The minimum absolute atomic E-state index is 0. The highest BCUT2D eigenvalue weighted by Gasteiger charge is 2.24. The Bertz CT molecular complexity index is 490. The van der Waals surface area contributed by atoms with Gasteiger partial charge in [-0.05, 0) is 48.6 Å². The van der Waals surface area contributed by atoms with Crippen molar-refractivity contribution in [3.63, 3.8) is 0 Å². The molecule has 1 unspecified atom stereocenters. The quantitative estimate of drug-likeness (QED) is 0.857. The molecule has 0 bridgehead atoms. The summed E-state index contributed by atoms with van der Waals surface area (Å²) in [6.45, 7) is 0. The molecule has 0 saturated heterocycles. The zero-order valence-electron chi connectivity index (χ0n) is 11.8. The molecule has 0 aliphatic carbocycles. The lowest BCUT2D eigenvalue weighted by Gasteiger charge is -2.27. The third-order valence-corrected chi connectivity index (χ3v) is 5.06. The number of halogens is 2. The smallest absolute Gasteiger partial charge is 0.237 e. The molecule has 0 fully saturated rings. The van der Waals surface area contributed by atoms with Crippen molar-refractivity contribution in [2.24, 2.45) is 5.73 Å². The first-order valence-corrected chi connectivity index (χ1v) is 8.97. The Balaban J connectivity index is 0.00000220. The zero-order valence-corrected chi connectivity index (χ0v) is 14.3. The number of nitrogens with two attached hydrogens (primary N) is 1. The van der Waals surface area contributed by atoms with Crippen LogP contribution in [-0.4, -0.2) is 29.7 Å². The van der Waals surface area contributed by atoms with Crippen molar-refractivity contribution in [3.05, 3.63) is 29.6 Å². The van der Waals surface area contributed by atoms with E-state index in [1.807, 2.05) is 6.26 Å². The summed E-state index contributed by atoms with van der Waals surface area (Å²) in [4.78, 5) is 13.1. The van der Waals surface area contributed by atoms with Crippen LogP contribution >= 0.6 is 35.9 Å². The van der Waals surface area contributed by atoms with Crippen LogP contribution in [-0.2, 0) is 4.79 Å². The van der Waals surface area contributed by atoms with Gasteiger partial charge in [0.2, 0.25) is 5.91 Å². The Hall–Kier alpha value is -0.430. The van der Waals surface area contributed by atoms with Crippen LogP contribution in [0.2, 0.25) is 0 Å². The average molecular weight is 351 g/mol. The van der Waals surface area contributed by atoms with Crippen molar-refractivity contribution in [2.45, 2.75) is 29.8 Å². The van der Waals surface area contributed by atoms with Gasteiger partial charge >= 0.3 is 0 Å². The fraction of sp³-hybridized carbons (Fsp3) is 0.500. The van der Waals surface area contributed by atoms with Crippen LogP contribution in [0.15, 0.2) is 23.1 Å². The van der Waals surface area contributed by atoms with Crippen LogP contribution in [0.5, 0.6) is 0 Å². The lowest BCUT2D eigenvalue weighted by molar-refractivity contribution is -0.123. The van der Waals surface area contributed by atoms with Gasteiger partial charge in [0.1, 0.15) is 5.82 Å². The van der Waals surface area contributed by atoms with Gasteiger partial charge in [-0.2, -0.15) is 11.8 Å². The number of benzene rings is 1. The van der Waals surface area contributed by atoms with Gasteiger partial charge in [-0.1, -0.05) is 0 Å². The summed E-state index contributed by atoms with van der Waals surface area (Å²) in [6.07, 6.45) is 3.45. The monoisotopic (exact) mass is 350 g/mol. The van der Waals surface area contributed by atoms with Crippen molar-refractivity contribution in [2.75, 3.05) is 17.8 Å². The van der Waals surface area contributed by atoms with Crippen LogP contribution < -0.4 is 11.1 Å². The first-order chi connectivity index (χ1) is 9.61. The van der Waals surface area contributed by atoms with Crippen LogP contribution in [0.25, 0.3) is 0 Å². The summed E-state index contributed by atoms with van der Waals surface area (Å²) in [7, 11) is 0. The molecule has 0 saturated carbocycles. The molecule has 0 radical (unpaired) electrons. The molecule has 1 aromatic carbocycles. The molecule has 118 valence electrons. The van der Waals surface area contributed by atoms with Crippen molar-refractivity contribution < 1.29 is 9.18 Å². The van der Waals surface area contributed by atoms with Crippen LogP contribution in [0.1, 0.15) is 24.4 Å². The predicted octanol–water partition coefficient (Wildman–Crippen LogP) is 2.98. The van der Waals surface area contributed by atoms with E-state index < -0.39 is 6.04 Å². The molecule has 2 rings (SSSR count). The average Bonchev–Trinajstić information content (AvgIpc) is 2.45. The normalized spacial score (nSPS) is 18.3. The highest BCUT2D eigenvalue weighted by atomic mass is 35.5. The predicted molar refractivity (Wildman–Crippen MR) is 90.8 cm³/mol. The summed E-state index contributed by atoms with van der Waals surface area (Å²) in [5.74, 6) is 1.37. The summed E-state index contributed by atoms with van der Waals surface area (Å²) in [6, 6.07) is 4.13. The second kappa shape index (κ2) is 8.88. The van der Waals surface area contributed by atoms with Crippen LogP contribution in [0.4, 0.5) is 4.39 Å². The molecule has 21 heavy (non-hydrogen) atoms. The molecule has 1 aliphatic heterocycles. The first kappa shape index (κ1) is 18.6. The van der Waals surface area contributed by atoms with Gasteiger partial charge in [0.15, 0.2) is 0 Å². The molecule has 1 amide bonds. The topological polar surface area (TPSA) is 55.1 Å². The Labute approximate surface area is 139 Å². The number of carbonyl (C=O) groups excluding carboxylic acids is 1. The number of amides is 1. The summed E-state index contributed by atoms with van der Waals surface area (Å²) < 4.78 is 13.4. The third kappa shape index (κ3) is 5.06. The lowest BCUT2D eigenvalue weighted by atomic mass is 10.0. The van der Waals surface area contributed by atoms with Gasteiger partial charge in [0.05, 0.1) is 12.1 Å². The fourth-order valence-electron chi connectivity index (χ4n) is 2.17. The van der Waals surface area contributed by atoms with Gasteiger partial charge < -0.3 is 11.1 Å². The van der Waals surface area contributed by atoms with Crippen LogP contribution in [0.3, 0.4) is 0 Å². The van der Waals surface area contributed by atoms with Crippen molar-refractivity contribution in [1.82, 2.24) is 5.32 Å². The van der Waals surface area contributed by atoms with E-state index in [1.54, 1.807) is 29.6 Å². The molecule has 1 aromatic rings. The number of nitrogens with one attached hydrogen (secondary N) is 1. The van der Waals surface area contributed by atoms with E-state index in [4.69, 9.17) is 5.73 Å².